The third-order valence-corrected chi connectivity index (χ3v) is 5.63. The number of amides is 1. The molecule has 0 radical (unpaired) electrons. The third-order valence-electron chi connectivity index (χ3n) is 4.80. The van der Waals surface area contributed by atoms with Gasteiger partial charge in [-0.3, -0.25) is 9.47 Å². The molecule has 1 aromatic heterocycles. The Hall–Kier alpha value is -2.23. The lowest BCUT2D eigenvalue weighted by atomic mass is 9.93. The van der Waals surface area contributed by atoms with Crippen LogP contribution in [0.5, 0.6) is 0 Å². The van der Waals surface area contributed by atoms with E-state index in [1.807, 2.05) is 27.0 Å². The Morgan fingerprint density at radius 3 is 2.55 bits per heavy atom. The van der Waals surface area contributed by atoms with Crippen LogP contribution in [-0.4, -0.2) is 42.1 Å². The summed E-state index contributed by atoms with van der Waals surface area (Å²) in [5.74, 6) is 0.122. The number of carbonyl (C=O) groups is 1. The molecule has 2 aromatic rings. The molecule has 1 aliphatic heterocycles. The topological polar surface area (TPSA) is 76.8 Å². The Labute approximate surface area is 171 Å². The number of hydrogen-bond acceptors (Lipinski definition) is 5. The maximum atomic E-state index is 15.1. The summed E-state index contributed by atoms with van der Waals surface area (Å²) in [7, 11) is -1.27. The Morgan fingerprint density at radius 2 is 2.03 bits per heavy atom. The van der Waals surface area contributed by atoms with Crippen molar-refractivity contribution >= 4 is 20.8 Å². The number of benzene rings is 1. The van der Waals surface area contributed by atoms with Crippen LogP contribution in [0.1, 0.15) is 39.2 Å². The lowest BCUT2D eigenvalue weighted by molar-refractivity contribution is -0.0312. The van der Waals surface area contributed by atoms with Gasteiger partial charge in [0.05, 0.1) is 29.7 Å². The van der Waals surface area contributed by atoms with Gasteiger partial charge in [-0.05, 0) is 38.2 Å². The molecule has 2 heterocycles. The number of hydrogen-bond donors (Lipinski definition) is 1. The van der Waals surface area contributed by atoms with E-state index in [2.05, 4.69) is 18.1 Å². The number of aliphatic hydroxyl groups is 1. The molecule has 1 saturated heterocycles. The van der Waals surface area contributed by atoms with E-state index in [1.165, 1.54) is 11.0 Å². The number of imidazole rings is 1. The highest BCUT2D eigenvalue weighted by atomic mass is 28.3. The highest BCUT2D eigenvalue weighted by Crippen LogP contribution is 2.30. The van der Waals surface area contributed by atoms with Gasteiger partial charge in [-0.2, -0.15) is 0 Å². The molecule has 0 aliphatic carbocycles. The van der Waals surface area contributed by atoms with Gasteiger partial charge in [0.15, 0.2) is 9.04 Å². The summed E-state index contributed by atoms with van der Waals surface area (Å²) in [5.41, 5.74) is 1.28. The minimum absolute atomic E-state index is 0.198. The first-order valence-corrected chi connectivity index (χ1v) is 12.4. The molecular formula is C20H28FN3O4Si. The summed E-state index contributed by atoms with van der Waals surface area (Å²) in [6.45, 7) is 12.2. The SMILES string of the molecule is CC1[C@H](O)OC(=O)N1c1ccc(-n2cc(C(C)(C)C)nc2CO[SiH](C)C)c(F)c1. The van der Waals surface area contributed by atoms with E-state index in [9.17, 15) is 9.90 Å². The predicted molar refractivity (Wildman–Crippen MR) is 110 cm³/mol. The van der Waals surface area contributed by atoms with Gasteiger partial charge in [0, 0.05) is 11.6 Å². The number of nitrogens with zero attached hydrogens (tertiary/aromatic N) is 3. The van der Waals surface area contributed by atoms with Gasteiger partial charge in [-0.15, -0.1) is 0 Å². The number of anilines is 1. The first kappa shape index (κ1) is 21.5. The lowest BCUT2D eigenvalue weighted by Gasteiger charge is -2.20. The highest BCUT2D eigenvalue weighted by Gasteiger charge is 2.39. The molecule has 158 valence electrons. The second-order valence-electron chi connectivity index (χ2n) is 8.54. The zero-order valence-electron chi connectivity index (χ0n) is 17.6. The van der Waals surface area contributed by atoms with Crippen LogP contribution in [0.15, 0.2) is 24.4 Å². The van der Waals surface area contributed by atoms with Gasteiger partial charge < -0.3 is 14.3 Å². The van der Waals surface area contributed by atoms with Crippen molar-refractivity contribution in [2.75, 3.05) is 4.90 Å². The second kappa shape index (κ2) is 7.89. The molecule has 2 atom stereocenters. The van der Waals surface area contributed by atoms with Gasteiger partial charge in [0.2, 0.25) is 6.29 Å². The Kier molecular flexibility index (Phi) is 5.84. The van der Waals surface area contributed by atoms with Crippen LogP contribution >= 0.6 is 0 Å². The van der Waals surface area contributed by atoms with Crippen molar-refractivity contribution in [2.24, 2.45) is 0 Å². The molecule has 1 N–H and O–H groups in total. The summed E-state index contributed by atoms with van der Waals surface area (Å²) >= 11 is 0. The zero-order valence-corrected chi connectivity index (χ0v) is 18.8. The van der Waals surface area contributed by atoms with E-state index >= 15 is 4.39 Å². The standard InChI is InChI=1S/C20H28FN3O4Si/c1-12-18(25)28-19(26)24(12)13-7-8-15(14(21)9-13)23-10-16(20(2,3)4)22-17(23)11-27-29(5)6/h7-10,12,18,25,29H,11H2,1-6H3/t12?,18-/m1/s1. The van der Waals surface area contributed by atoms with Crippen molar-refractivity contribution in [3.05, 3.63) is 41.7 Å². The van der Waals surface area contributed by atoms with E-state index in [0.29, 0.717) is 23.8 Å². The molecule has 29 heavy (non-hydrogen) atoms. The Morgan fingerprint density at radius 1 is 1.34 bits per heavy atom. The van der Waals surface area contributed by atoms with Crippen LogP contribution in [0.2, 0.25) is 13.1 Å². The summed E-state index contributed by atoms with van der Waals surface area (Å²) in [6.07, 6.45) is -0.113. The zero-order chi connectivity index (χ0) is 21.5. The number of cyclic esters (lactones) is 1. The van der Waals surface area contributed by atoms with E-state index in [1.54, 1.807) is 23.6 Å². The van der Waals surface area contributed by atoms with E-state index < -0.39 is 33.3 Å². The fourth-order valence-corrected chi connectivity index (χ4v) is 3.55. The van der Waals surface area contributed by atoms with Crippen molar-refractivity contribution in [1.82, 2.24) is 9.55 Å². The third kappa shape index (κ3) is 4.36. The minimum Gasteiger partial charge on any atom is -0.417 e. The largest absolute Gasteiger partial charge is 0.417 e. The molecule has 7 nitrogen and oxygen atoms in total. The van der Waals surface area contributed by atoms with Crippen LogP contribution in [0, 0.1) is 5.82 Å². The average Bonchev–Trinajstić information content (AvgIpc) is 3.14. The molecule has 3 rings (SSSR count). The van der Waals surface area contributed by atoms with E-state index in [-0.39, 0.29) is 5.41 Å². The molecule has 9 heteroatoms. The smallest absolute Gasteiger partial charge is 0.417 e. The van der Waals surface area contributed by atoms with E-state index in [4.69, 9.17) is 9.16 Å². The summed E-state index contributed by atoms with van der Waals surface area (Å²) in [4.78, 5) is 17.9. The fraction of sp³-hybridized carbons (Fsp3) is 0.500. The van der Waals surface area contributed by atoms with Crippen LogP contribution in [-0.2, 0) is 21.2 Å². The van der Waals surface area contributed by atoms with Crippen LogP contribution < -0.4 is 4.90 Å². The normalized spacial score (nSPS) is 19.9. The van der Waals surface area contributed by atoms with Crippen molar-refractivity contribution in [2.45, 2.75) is 65.1 Å². The maximum absolute atomic E-state index is 15.1. The molecule has 1 fully saturated rings. The number of rotatable bonds is 5. The maximum Gasteiger partial charge on any atom is 0.417 e. The van der Waals surface area contributed by atoms with Crippen molar-refractivity contribution in [1.29, 1.82) is 0 Å². The van der Waals surface area contributed by atoms with Gasteiger partial charge in [0.1, 0.15) is 11.6 Å². The molecular weight excluding hydrogens is 393 g/mol. The molecule has 1 amide bonds. The molecule has 1 aliphatic rings. The quantitative estimate of drug-likeness (QED) is 0.748. The summed E-state index contributed by atoms with van der Waals surface area (Å²) < 4.78 is 27.4. The first-order valence-electron chi connectivity index (χ1n) is 9.67. The highest BCUT2D eigenvalue weighted by molar-refractivity contribution is 6.48. The van der Waals surface area contributed by atoms with Crippen LogP contribution in [0.25, 0.3) is 5.69 Å². The fourth-order valence-electron chi connectivity index (χ4n) is 3.07. The number of aliphatic hydroxyl groups excluding tert-OH is 1. The predicted octanol–water partition coefficient (Wildman–Crippen LogP) is 3.47. The summed E-state index contributed by atoms with van der Waals surface area (Å²) in [6, 6.07) is 3.89. The molecule has 0 saturated carbocycles. The van der Waals surface area contributed by atoms with Crippen molar-refractivity contribution in [3.8, 4) is 5.69 Å². The molecule has 1 aromatic carbocycles. The first-order chi connectivity index (χ1) is 13.5. The van der Waals surface area contributed by atoms with Crippen LogP contribution in [0.3, 0.4) is 0 Å². The number of ether oxygens (including phenoxy) is 1. The number of aromatic nitrogens is 2. The minimum atomic E-state index is -1.27. The number of carbonyl (C=O) groups excluding carboxylic acids is 1. The van der Waals surface area contributed by atoms with Gasteiger partial charge in [-0.25, -0.2) is 14.2 Å². The van der Waals surface area contributed by atoms with Crippen LogP contribution in [0.4, 0.5) is 14.9 Å². The van der Waals surface area contributed by atoms with Crippen molar-refractivity contribution in [3.63, 3.8) is 0 Å². The lowest BCUT2D eigenvalue weighted by Crippen LogP contribution is -2.34. The average molecular weight is 422 g/mol. The van der Waals surface area contributed by atoms with E-state index in [0.717, 1.165) is 5.69 Å². The van der Waals surface area contributed by atoms with Gasteiger partial charge in [0.25, 0.3) is 0 Å². The second-order valence-corrected chi connectivity index (χ2v) is 11.0. The molecule has 0 bridgehead atoms. The number of halogens is 1. The summed E-state index contributed by atoms with van der Waals surface area (Å²) in [5, 5.41) is 9.72. The molecule has 1 unspecified atom stereocenters. The Bertz CT molecular complexity index is 910. The monoisotopic (exact) mass is 421 g/mol. The Balaban J connectivity index is 2.00. The van der Waals surface area contributed by atoms with Crippen molar-refractivity contribution < 1.29 is 23.5 Å². The van der Waals surface area contributed by atoms with Gasteiger partial charge in [-0.1, -0.05) is 20.8 Å². The van der Waals surface area contributed by atoms with Gasteiger partial charge >= 0.3 is 6.09 Å². The molecule has 0 spiro atoms.